The molecule has 0 amide bonds. The van der Waals surface area contributed by atoms with Crippen LogP contribution in [0.2, 0.25) is 0 Å². The lowest BCUT2D eigenvalue weighted by atomic mass is 10.0. The van der Waals surface area contributed by atoms with Crippen molar-refractivity contribution in [2.24, 2.45) is 0 Å². The summed E-state index contributed by atoms with van der Waals surface area (Å²) >= 11 is 0. The highest BCUT2D eigenvalue weighted by atomic mass is 16.5. The molecule has 0 radical (unpaired) electrons. The van der Waals surface area contributed by atoms with E-state index < -0.39 is 0 Å². The summed E-state index contributed by atoms with van der Waals surface area (Å²) in [5.41, 5.74) is 2.33. The number of hydrogen-bond acceptors (Lipinski definition) is 5. The molecule has 1 heterocycles. The third-order valence-electron chi connectivity index (χ3n) is 4.20. The smallest absolute Gasteiger partial charge is 0.337 e. The Morgan fingerprint density at radius 2 is 1.48 bits per heavy atom. The number of hydrogen-bond donors (Lipinski definition) is 0. The van der Waals surface area contributed by atoms with Gasteiger partial charge in [-0.1, -0.05) is 12.1 Å². The van der Waals surface area contributed by atoms with Crippen molar-refractivity contribution in [1.82, 2.24) is 0 Å². The fourth-order valence-corrected chi connectivity index (χ4v) is 2.82. The minimum Gasteiger partial charge on any atom is -0.497 e. The molecule has 1 aliphatic heterocycles. The fraction of sp³-hybridized carbons (Fsp3) is 0.250. The van der Waals surface area contributed by atoms with Gasteiger partial charge in [0.25, 0.3) is 0 Å². The zero-order valence-corrected chi connectivity index (χ0v) is 14.4. The van der Waals surface area contributed by atoms with Crippen molar-refractivity contribution in [2.45, 2.75) is 12.5 Å². The second kappa shape index (κ2) is 7.30. The highest BCUT2D eigenvalue weighted by Gasteiger charge is 2.32. The van der Waals surface area contributed by atoms with Crippen LogP contribution in [0, 0.1) is 0 Å². The van der Waals surface area contributed by atoms with E-state index in [0.717, 1.165) is 22.6 Å². The summed E-state index contributed by atoms with van der Waals surface area (Å²) in [4.78, 5) is 12.2. The molecule has 0 aromatic heterocycles. The van der Waals surface area contributed by atoms with Gasteiger partial charge in [0.05, 0.1) is 26.9 Å². The number of carbonyl (C=O) groups excluding carboxylic acids is 1. The van der Waals surface area contributed by atoms with E-state index in [0.29, 0.717) is 17.8 Å². The topological polar surface area (TPSA) is 54.0 Å². The van der Waals surface area contributed by atoms with E-state index in [1.54, 1.807) is 14.2 Å². The number of esters is 1. The fourth-order valence-electron chi connectivity index (χ4n) is 2.82. The first-order valence-electron chi connectivity index (χ1n) is 7.92. The van der Waals surface area contributed by atoms with Crippen LogP contribution in [0.25, 0.3) is 5.76 Å². The average Bonchev–Trinajstić information content (AvgIpc) is 3.13. The Hall–Kier alpha value is -2.95. The normalized spacial score (nSPS) is 16.4. The van der Waals surface area contributed by atoms with Crippen LogP contribution < -0.4 is 9.47 Å². The summed E-state index contributed by atoms with van der Waals surface area (Å²) in [6.07, 6.45) is 0.220. The van der Waals surface area contributed by atoms with Crippen molar-refractivity contribution < 1.29 is 23.7 Å². The molecule has 0 saturated heterocycles. The van der Waals surface area contributed by atoms with Crippen molar-refractivity contribution >= 4 is 11.7 Å². The standard InChI is InChI=1S/C20H20O5/c1-22-15-8-4-13(5-9-15)18-12-17(20(21)24-3)19(25-18)14-6-10-16(23-2)11-7-14/h4-11,18H,12H2,1-3H3. The van der Waals surface area contributed by atoms with Crippen LogP contribution in [0.1, 0.15) is 23.7 Å². The summed E-state index contributed by atoms with van der Waals surface area (Å²) in [5, 5.41) is 0. The molecule has 3 rings (SSSR count). The molecular weight excluding hydrogens is 320 g/mol. The van der Waals surface area contributed by atoms with E-state index in [9.17, 15) is 4.79 Å². The van der Waals surface area contributed by atoms with Gasteiger partial charge in [0, 0.05) is 12.0 Å². The van der Waals surface area contributed by atoms with E-state index in [1.165, 1.54) is 7.11 Å². The molecule has 2 aromatic rings. The van der Waals surface area contributed by atoms with Gasteiger partial charge in [-0.3, -0.25) is 0 Å². The molecule has 0 fully saturated rings. The predicted octanol–water partition coefficient (Wildman–Crippen LogP) is 3.75. The van der Waals surface area contributed by atoms with Gasteiger partial charge >= 0.3 is 5.97 Å². The molecule has 5 nitrogen and oxygen atoms in total. The Morgan fingerprint density at radius 1 is 0.920 bits per heavy atom. The zero-order valence-electron chi connectivity index (χ0n) is 14.4. The SMILES string of the molecule is COC(=O)C1=C(c2ccc(OC)cc2)OC(c2ccc(OC)cc2)C1. The molecule has 1 unspecified atom stereocenters. The van der Waals surface area contributed by atoms with Gasteiger partial charge in [-0.2, -0.15) is 0 Å². The highest BCUT2D eigenvalue weighted by molar-refractivity contribution is 5.97. The summed E-state index contributed by atoms with van der Waals surface area (Å²) in [6.45, 7) is 0. The third-order valence-corrected chi connectivity index (χ3v) is 4.20. The van der Waals surface area contributed by atoms with Crippen LogP contribution in [0.15, 0.2) is 54.1 Å². The third kappa shape index (κ3) is 3.45. The maximum atomic E-state index is 12.2. The predicted molar refractivity (Wildman–Crippen MR) is 93.4 cm³/mol. The van der Waals surface area contributed by atoms with Crippen LogP contribution in [-0.4, -0.2) is 27.3 Å². The molecule has 0 spiro atoms. The van der Waals surface area contributed by atoms with Crippen LogP contribution in [0.4, 0.5) is 0 Å². The molecule has 0 N–H and O–H groups in total. The van der Waals surface area contributed by atoms with Crippen LogP contribution >= 0.6 is 0 Å². The van der Waals surface area contributed by atoms with E-state index >= 15 is 0 Å². The molecule has 130 valence electrons. The lowest BCUT2D eigenvalue weighted by molar-refractivity contribution is -0.136. The maximum Gasteiger partial charge on any atom is 0.337 e. The van der Waals surface area contributed by atoms with E-state index in [1.807, 2.05) is 48.5 Å². The minimum absolute atomic E-state index is 0.239. The van der Waals surface area contributed by atoms with Gasteiger partial charge in [-0.15, -0.1) is 0 Å². The van der Waals surface area contributed by atoms with Gasteiger partial charge in [-0.05, 0) is 42.0 Å². The lowest BCUT2D eigenvalue weighted by Gasteiger charge is -2.14. The average molecular weight is 340 g/mol. The van der Waals surface area contributed by atoms with Crippen molar-refractivity contribution in [3.63, 3.8) is 0 Å². The summed E-state index contributed by atoms with van der Waals surface area (Å²) in [7, 11) is 4.61. The van der Waals surface area contributed by atoms with Crippen molar-refractivity contribution in [2.75, 3.05) is 21.3 Å². The highest BCUT2D eigenvalue weighted by Crippen LogP contribution is 2.41. The summed E-state index contributed by atoms with van der Waals surface area (Å²) in [5.74, 6) is 1.70. The number of carbonyl (C=O) groups is 1. The van der Waals surface area contributed by atoms with Crippen molar-refractivity contribution in [1.29, 1.82) is 0 Å². The first kappa shape index (κ1) is 16.9. The Balaban J connectivity index is 1.90. The summed E-state index contributed by atoms with van der Waals surface area (Å²) in [6, 6.07) is 15.0. The van der Waals surface area contributed by atoms with Gasteiger partial charge in [0.2, 0.25) is 0 Å². The first-order valence-corrected chi connectivity index (χ1v) is 7.92. The first-order chi connectivity index (χ1) is 12.2. The zero-order chi connectivity index (χ0) is 17.8. The van der Waals surface area contributed by atoms with Crippen LogP contribution in [0.5, 0.6) is 11.5 Å². The summed E-state index contributed by atoms with van der Waals surface area (Å²) < 4.78 is 21.4. The van der Waals surface area contributed by atoms with Crippen molar-refractivity contribution in [3.8, 4) is 11.5 Å². The Kier molecular flexibility index (Phi) is 4.93. The van der Waals surface area contributed by atoms with Gasteiger partial charge in [0.15, 0.2) is 0 Å². The van der Waals surface area contributed by atoms with Crippen molar-refractivity contribution in [3.05, 3.63) is 65.2 Å². The van der Waals surface area contributed by atoms with E-state index in [-0.39, 0.29) is 12.1 Å². The molecular formula is C20H20O5. The van der Waals surface area contributed by atoms with Gasteiger partial charge in [-0.25, -0.2) is 4.79 Å². The Morgan fingerprint density at radius 3 is 2.00 bits per heavy atom. The lowest BCUT2D eigenvalue weighted by Crippen LogP contribution is -2.05. The quantitative estimate of drug-likeness (QED) is 0.776. The van der Waals surface area contributed by atoms with Crippen LogP contribution in [0.3, 0.4) is 0 Å². The molecule has 0 saturated carbocycles. The second-order valence-electron chi connectivity index (χ2n) is 5.61. The molecule has 25 heavy (non-hydrogen) atoms. The second-order valence-corrected chi connectivity index (χ2v) is 5.61. The molecule has 2 aromatic carbocycles. The Bertz CT molecular complexity index is 775. The molecule has 0 bridgehead atoms. The van der Waals surface area contributed by atoms with Gasteiger partial charge < -0.3 is 18.9 Å². The molecule has 1 atom stereocenters. The van der Waals surface area contributed by atoms with E-state index in [4.69, 9.17) is 18.9 Å². The molecule has 1 aliphatic rings. The van der Waals surface area contributed by atoms with Gasteiger partial charge in [0.1, 0.15) is 23.4 Å². The monoisotopic (exact) mass is 340 g/mol. The minimum atomic E-state index is -0.373. The van der Waals surface area contributed by atoms with Crippen LogP contribution in [-0.2, 0) is 14.3 Å². The number of methoxy groups -OCH3 is 3. The number of ether oxygens (including phenoxy) is 4. The van der Waals surface area contributed by atoms with E-state index in [2.05, 4.69) is 0 Å². The molecule has 5 heteroatoms. The largest absolute Gasteiger partial charge is 0.497 e. The molecule has 0 aliphatic carbocycles. The maximum absolute atomic E-state index is 12.2. The number of benzene rings is 2. The Labute approximate surface area is 146 Å². The number of rotatable bonds is 5.